The number of amidine groups is 1. The Bertz CT molecular complexity index is 596. The maximum Gasteiger partial charge on any atom is 0.418 e. The number of thioether (sulfide) groups is 1. The van der Waals surface area contributed by atoms with E-state index in [0.717, 1.165) is 11.8 Å². The van der Waals surface area contributed by atoms with Crippen molar-refractivity contribution in [3.05, 3.63) is 26.4 Å². The fourth-order valence-electron chi connectivity index (χ4n) is 1.22. The normalized spacial score (nSPS) is 12.2. The molecule has 0 atom stereocenters. The molecule has 1 rings (SSSR count). The van der Waals surface area contributed by atoms with Crippen LogP contribution in [-0.4, -0.2) is 11.4 Å². The van der Waals surface area contributed by atoms with Gasteiger partial charge in [0.25, 0.3) is 0 Å². The third-order valence-corrected chi connectivity index (χ3v) is 3.98. The molecule has 1 N–H and O–H groups in total. The Balaban J connectivity index is 3.53. The molecule has 0 spiro atoms. The SMILES string of the molecule is CSC(=Nc1c(F)cc(Br)c(C(F)(F)F)c1Br)NC#N. The van der Waals surface area contributed by atoms with Crippen LogP contribution in [0.1, 0.15) is 5.56 Å². The molecule has 108 valence electrons. The van der Waals surface area contributed by atoms with Crippen molar-refractivity contribution in [3.63, 3.8) is 0 Å². The monoisotopic (exact) mass is 433 g/mol. The molecule has 0 saturated heterocycles. The number of benzene rings is 1. The second kappa shape index (κ2) is 6.78. The highest BCUT2D eigenvalue weighted by Crippen LogP contribution is 2.45. The van der Waals surface area contributed by atoms with E-state index in [1.807, 2.05) is 0 Å². The van der Waals surface area contributed by atoms with Crippen molar-refractivity contribution < 1.29 is 17.6 Å². The molecule has 1 aromatic rings. The lowest BCUT2D eigenvalue weighted by atomic mass is 10.2. The van der Waals surface area contributed by atoms with Crippen molar-refractivity contribution in [1.82, 2.24) is 5.32 Å². The van der Waals surface area contributed by atoms with E-state index in [9.17, 15) is 17.6 Å². The first kappa shape index (κ1) is 17.3. The minimum atomic E-state index is -4.68. The Morgan fingerprint density at radius 2 is 2.05 bits per heavy atom. The van der Waals surface area contributed by atoms with Crippen LogP contribution >= 0.6 is 43.6 Å². The number of halogens is 6. The summed E-state index contributed by atoms with van der Waals surface area (Å²) in [5, 5.41) is 10.6. The zero-order valence-corrected chi connectivity index (χ0v) is 13.6. The Kier molecular flexibility index (Phi) is 5.85. The largest absolute Gasteiger partial charge is 0.418 e. The summed E-state index contributed by atoms with van der Waals surface area (Å²) in [5.41, 5.74) is -1.61. The van der Waals surface area contributed by atoms with E-state index in [4.69, 9.17) is 5.26 Å². The van der Waals surface area contributed by atoms with Crippen LogP contribution in [0, 0.1) is 17.3 Å². The molecule has 0 radical (unpaired) electrons. The van der Waals surface area contributed by atoms with E-state index in [-0.39, 0.29) is 5.17 Å². The topological polar surface area (TPSA) is 48.2 Å². The number of nitriles is 1. The smallest absolute Gasteiger partial charge is 0.271 e. The van der Waals surface area contributed by atoms with Gasteiger partial charge in [-0.05, 0) is 28.3 Å². The van der Waals surface area contributed by atoms with E-state index < -0.39 is 32.2 Å². The summed E-state index contributed by atoms with van der Waals surface area (Å²) in [5.74, 6) is -0.956. The maximum atomic E-state index is 13.8. The van der Waals surface area contributed by atoms with E-state index in [2.05, 4.69) is 42.2 Å². The summed E-state index contributed by atoms with van der Waals surface area (Å²) >= 11 is 6.34. The number of alkyl halides is 3. The van der Waals surface area contributed by atoms with Crippen molar-refractivity contribution in [3.8, 4) is 6.19 Å². The van der Waals surface area contributed by atoms with Gasteiger partial charge < -0.3 is 0 Å². The molecule has 0 fully saturated rings. The zero-order valence-electron chi connectivity index (χ0n) is 9.65. The molecule has 3 nitrogen and oxygen atoms in total. The van der Waals surface area contributed by atoms with Gasteiger partial charge in [0.2, 0.25) is 0 Å². The number of hydrogen-bond donors (Lipinski definition) is 1. The second-order valence-electron chi connectivity index (χ2n) is 3.23. The highest BCUT2D eigenvalue weighted by Gasteiger charge is 2.37. The molecule has 0 unspecified atom stereocenters. The molecule has 10 heteroatoms. The Hall–Kier alpha value is -0.790. The van der Waals surface area contributed by atoms with E-state index in [0.29, 0.717) is 6.07 Å². The third-order valence-electron chi connectivity index (χ3n) is 2.00. The van der Waals surface area contributed by atoms with Gasteiger partial charge in [0.15, 0.2) is 17.2 Å². The summed E-state index contributed by atoms with van der Waals surface area (Å²) in [6.07, 6.45) is -1.58. The molecule has 20 heavy (non-hydrogen) atoms. The van der Waals surface area contributed by atoms with Gasteiger partial charge in [0.1, 0.15) is 5.69 Å². The first-order chi connectivity index (χ1) is 9.22. The summed E-state index contributed by atoms with van der Waals surface area (Å²) in [7, 11) is 0. The lowest BCUT2D eigenvalue weighted by molar-refractivity contribution is -0.138. The molecule has 0 aliphatic carbocycles. The van der Waals surface area contributed by atoms with Gasteiger partial charge in [-0.1, -0.05) is 27.7 Å². The molecular formula is C10H5Br2F4N3S. The molecule has 1 aromatic carbocycles. The first-order valence-electron chi connectivity index (χ1n) is 4.74. The molecule has 0 aromatic heterocycles. The van der Waals surface area contributed by atoms with Crippen molar-refractivity contribution in [2.24, 2.45) is 4.99 Å². The highest BCUT2D eigenvalue weighted by molar-refractivity contribution is 9.11. The van der Waals surface area contributed by atoms with Crippen LogP contribution in [0.3, 0.4) is 0 Å². The molecular weight excluding hydrogens is 430 g/mol. The quantitative estimate of drug-likeness (QED) is 0.227. The Labute approximate surface area is 132 Å². The van der Waals surface area contributed by atoms with Crippen molar-refractivity contribution in [2.45, 2.75) is 6.18 Å². The minimum Gasteiger partial charge on any atom is -0.271 e. The summed E-state index contributed by atoms with van der Waals surface area (Å²) < 4.78 is 51.4. The van der Waals surface area contributed by atoms with Gasteiger partial charge in [0.05, 0.1) is 10.0 Å². The molecule has 0 aliphatic heterocycles. The van der Waals surface area contributed by atoms with Gasteiger partial charge in [-0.15, -0.1) is 0 Å². The fourth-order valence-corrected chi connectivity index (χ4v) is 3.15. The standard InChI is InChI=1S/C10H5Br2F4N3S/c1-20-9(18-3-17)19-8-5(13)2-4(11)6(7(8)12)10(14,15)16/h2H,1H3,(H,18,19). The molecule has 0 bridgehead atoms. The number of aliphatic imine (C=N–C) groups is 1. The zero-order chi connectivity index (χ0) is 15.5. The summed E-state index contributed by atoms with van der Waals surface area (Å²) in [4.78, 5) is 3.68. The van der Waals surface area contributed by atoms with Crippen LogP contribution in [0.25, 0.3) is 0 Å². The summed E-state index contributed by atoms with van der Waals surface area (Å²) in [6, 6.07) is 0.677. The molecule has 0 heterocycles. The number of rotatable bonds is 1. The third kappa shape index (κ3) is 3.86. The minimum absolute atomic E-state index is 0.0254. The number of nitrogens with one attached hydrogen (secondary N) is 1. The van der Waals surface area contributed by atoms with Crippen molar-refractivity contribution in [1.29, 1.82) is 5.26 Å². The van der Waals surface area contributed by atoms with E-state index in [1.165, 1.54) is 0 Å². The van der Waals surface area contributed by atoms with Gasteiger partial charge in [0, 0.05) is 4.47 Å². The number of hydrogen-bond acceptors (Lipinski definition) is 3. The average molecular weight is 435 g/mol. The Morgan fingerprint density at radius 1 is 1.45 bits per heavy atom. The van der Waals surface area contributed by atoms with Crippen LogP contribution in [0.2, 0.25) is 0 Å². The van der Waals surface area contributed by atoms with Crippen molar-refractivity contribution >= 4 is 54.5 Å². The van der Waals surface area contributed by atoms with Crippen LogP contribution < -0.4 is 5.32 Å². The fraction of sp³-hybridized carbons (Fsp3) is 0.200. The number of nitrogens with zero attached hydrogens (tertiary/aromatic N) is 2. The molecule has 0 amide bonds. The maximum absolute atomic E-state index is 13.8. The predicted octanol–water partition coefficient (Wildman–Crippen LogP) is 4.79. The summed E-state index contributed by atoms with van der Waals surface area (Å²) in [6.45, 7) is 0. The van der Waals surface area contributed by atoms with Crippen LogP contribution in [0.15, 0.2) is 20.0 Å². The van der Waals surface area contributed by atoms with Crippen molar-refractivity contribution in [2.75, 3.05) is 6.26 Å². The van der Waals surface area contributed by atoms with E-state index >= 15 is 0 Å². The van der Waals surface area contributed by atoms with Gasteiger partial charge in [-0.3, -0.25) is 5.32 Å². The second-order valence-corrected chi connectivity index (χ2v) is 5.68. The molecule has 0 saturated carbocycles. The Morgan fingerprint density at radius 3 is 2.50 bits per heavy atom. The lowest BCUT2D eigenvalue weighted by Crippen LogP contribution is -2.13. The predicted molar refractivity (Wildman–Crippen MR) is 76.2 cm³/mol. The highest BCUT2D eigenvalue weighted by atomic mass is 79.9. The lowest BCUT2D eigenvalue weighted by Gasteiger charge is -2.14. The van der Waals surface area contributed by atoms with Gasteiger partial charge in [-0.2, -0.15) is 18.4 Å². The van der Waals surface area contributed by atoms with E-state index in [1.54, 1.807) is 12.4 Å². The van der Waals surface area contributed by atoms with Crippen LogP contribution in [-0.2, 0) is 6.18 Å². The molecule has 0 aliphatic rings. The van der Waals surface area contributed by atoms with Crippen LogP contribution in [0.4, 0.5) is 23.2 Å². The van der Waals surface area contributed by atoms with Crippen LogP contribution in [0.5, 0.6) is 0 Å². The van der Waals surface area contributed by atoms with Gasteiger partial charge >= 0.3 is 6.18 Å². The average Bonchev–Trinajstić information content (AvgIpc) is 2.30. The first-order valence-corrected chi connectivity index (χ1v) is 7.56. The van der Waals surface area contributed by atoms with Gasteiger partial charge in [-0.25, -0.2) is 9.38 Å².